The van der Waals surface area contributed by atoms with E-state index in [0.29, 0.717) is 6.54 Å². The van der Waals surface area contributed by atoms with E-state index in [4.69, 9.17) is 10.7 Å². The van der Waals surface area contributed by atoms with E-state index in [2.05, 4.69) is 39.5 Å². The van der Waals surface area contributed by atoms with Gasteiger partial charge in [-0.25, -0.2) is 4.98 Å². The SMILES string of the molecule is CC1CCN(c2nc(C(C)(C)C)c(CN)s2)CC1C. The van der Waals surface area contributed by atoms with Crippen LogP contribution in [0.25, 0.3) is 0 Å². The first kappa shape index (κ1) is 14.8. The summed E-state index contributed by atoms with van der Waals surface area (Å²) in [6.07, 6.45) is 1.27. The smallest absolute Gasteiger partial charge is 0.185 e. The average Bonchev–Trinajstić information content (AvgIpc) is 2.76. The van der Waals surface area contributed by atoms with Crippen molar-refractivity contribution in [2.45, 2.75) is 53.0 Å². The molecule has 3 nitrogen and oxygen atoms in total. The van der Waals surface area contributed by atoms with Crippen LogP contribution < -0.4 is 10.6 Å². The molecule has 0 aliphatic carbocycles. The number of hydrogen-bond donors (Lipinski definition) is 1. The zero-order valence-electron chi connectivity index (χ0n) is 12.9. The molecule has 1 aromatic heterocycles. The van der Waals surface area contributed by atoms with Crippen LogP contribution in [0.15, 0.2) is 0 Å². The molecule has 0 aromatic carbocycles. The van der Waals surface area contributed by atoms with Crippen molar-refractivity contribution in [3.05, 3.63) is 10.6 Å². The third kappa shape index (κ3) is 3.11. The van der Waals surface area contributed by atoms with Crippen LogP contribution in [-0.4, -0.2) is 18.1 Å². The second-order valence-corrected chi connectivity index (χ2v) is 7.97. The topological polar surface area (TPSA) is 42.2 Å². The van der Waals surface area contributed by atoms with Crippen LogP contribution in [0.2, 0.25) is 0 Å². The third-order valence-electron chi connectivity index (χ3n) is 4.19. The Balaban J connectivity index is 2.24. The van der Waals surface area contributed by atoms with E-state index >= 15 is 0 Å². The minimum atomic E-state index is 0.0815. The summed E-state index contributed by atoms with van der Waals surface area (Å²) in [6.45, 7) is 14.2. The molecule has 1 aliphatic rings. The molecule has 1 aliphatic heterocycles. The highest BCUT2D eigenvalue weighted by molar-refractivity contribution is 7.15. The van der Waals surface area contributed by atoms with Crippen molar-refractivity contribution in [2.24, 2.45) is 17.6 Å². The van der Waals surface area contributed by atoms with E-state index in [9.17, 15) is 0 Å². The molecule has 0 bridgehead atoms. The lowest BCUT2D eigenvalue weighted by Crippen LogP contribution is -2.38. The molecule has 2 heterocycles. The van der Waals surface area contributed by atoms with E-state index in [1.807, 2.05) is 0 Å². The van der Waals surface area contributed by atoms with Crippen molar-refractivity contribution in [3.63, 3.8) is 0 Å². The quantitative estimate of drug-likeness (QED) is 0.903. The summed E-state index contributed by atoms with van der Waals surface area (Å²) in [5.74, 6) is 1.57. The van der Waals surface area contributed by atoms with Gasteiger partial charge in [0.25, 0.3) is 0 Å². The predicted molar refractivity (Wildman–Crippen MR) is 83.9 cm³/mol. The summed E-state index contributed by atoms with van der Waals surface area (Å²) in [4.78, 5) is 8.59. The van der Waals surface area contributed by atoms with Gasteiger partial charge in [0.2, 0.25) is 0 Å². The molecule has 0 spiro atoms. The summed E-state index contributed by atoms with van der Waals surface area (Å²) in [5.41, 5.74) is 7.15. The molecule has 0 radical (unpaired) electrons. The first-order valence-electron chi connectivity index (χ1n) is 7.28. The minimum Gasteiger partial charge on any atom is -0.348 e. The molecule has 0 amide bonds. The molecule has 0 saturated carbocycles. The Kier molecular flexibility index (Phi) is 4.21. The highest BCUT2D eigenvalue weighted by Crippen LogP contribution is 2.35. The van der Waals surface area contributed by atoms with Crippen LogP contribution >= 0.6 is 11.3 Å². The van der Waals surface area contributed by atoms with Gasteiger partial charge in [0.1, 0.15) is 0 Å². The van der Waals surface area contributed by atoms with E-state index in [1.54, 1.807) is 11.3 Å². The van der Waals surface area contributed by atoms with E-state index in [0.717, 1.165) is 24.9 Å². The Morgan fingerprint density at radius 1 is 1.32 bits per heavy atom. The summed E-state index contributed by atoms with van der Waals surface area (Å²) in [5, 5.41) is 1.17. The third-order valence-corrected chi connectivity index (χ3v) is 5.32. The summed E-state index contributed by atoms with van der Waals surface area (Å²) in [6, 6.07) is 0. The standard InChI is InChI=1S/C15H27N3S/c1-10-6-7-18(9-11(10)2)14-17-13(15(3,4)5)12(8-16)19-14/h10-11H,6-9,16H2,1-5H3. The molecular weight excluding hydrogens is 254 g/mol. The second kappa shape index (κ2) is 5.41. The second-order valence-electron chi connectivity index (χ2n) is 6.91. The van der Waals surface area contributed by atoms with E-state index < -0.39 is 0 Å². The number of nitrogens with zero attached hydrogens (tertiary/aromatic N) is 2. The van der Waals surface area contributed by atoms with Crippen LogP contribution in [0.1, 0.15) is 51.6 Å². The molecule has 1 fully saturated rings. The number of piperidine rings is 1. The molecule has 2 atom stereocenters. The molecular formula is C15H27N3S. The highest BCUT2D eigenvalue weighted by atomic mass is 32.1. The fourth-order valence-corrected chi connectivity index (χ4v) is 3.82. The maximum atomic E-state index is 5.89. The summed E-state index contributed by atoms with van der Waals surface area (Å²) in [7, 11) is 0. The molecule has 2 N–H and O–H groups in total. The van der Waals surface area contributed by atoms with Crippen LogP contribution in [-0.2, 0) is 12.0 Å². The molecule has 19 heavy (non-hydrogen) atoms. The van der Waals surface area contributed by atoms with Crippen molar-refractivity contribution < 1.29 is 0 Å². The average molecular weight is 281 g/mol. The summed E-state index contributed by atoms with van der Waals surface area (Å²) < 4.78 is 0. The van der Waals surface area contributed by atoms with Crippen molar-refractivity contribution in [1.82, 2.24) is 4.98 Å². The zero-order valence-corrected chi connectivity index (χ0v) is 13.7. The highest BCUT2D eigenvalue weighted by Gasteiger charge is 2.28. The molecule has 108 valence electrons. The van der Waals surface area contributed by atoms with Crippen molar-refractivity contribution in [3.8, 4) is 0 Å². The largest absolute Gasteiger partial charge is 0.348 e. The van der Waals surface area contributed by atoms with Gasteiger partial charge in [-0.05, 0) is 18.3 Å². The lowest BCUT2D eigenvalue weighted by molar-refractivity contribution is 0.323. The lowest BCUT2D eigenvalue weighted by Gasteiger charge is -2.35. The Morgan fingerprint density at radius 2 is 2.00 bits per heavy atom. The van der Waals surface area contributed by atoms with Crippen molar-refractivity contribution in [2.75, 3.05) is 18.0 Å². The van der Waals surface area contributed by atoms with Gasteiger partial charge < -0.3 is 10.6 Å². The molecule has 2 unspecified atom stereocenters. The van der Waals surface area contributed by atoms with Gasteiger partial charge in [-0.15, -0.1) is 11.3 Å². The molecule has 1 saturated heterocycles. The van der Waals surface area contributed by atoms with Crippen LogP contribution in [0, 0.1) is 11.8 Å². The van der Waals surface area contributed by atoms with Gasteiger partial charge in [0.15, 0.2) is 5.13 Å². The van der Waals surface area contributed by atoms with Gasteiger partial charge in [-0.3, -0.25) is 0 Å². The van der Waals surface area contributed by atoms with Crippen LogP contribution in [0.4, 0.5) is 5.13 Å². The predicted octanol–water partition coefficient (Wildman–Crippen LogP) is 3.38. The summed E-state index contributed by atoms with van der Waals surface area (Å²) >= 11 is 1.79. The van der Waals surface area contributed by atoms with Gasteiger partial charge in [0, 0.05) is 29.9 Å². The van der Waals surface area contributed by atoms with Gasteiger partial charge in [-0.1, -0.05) is 34.6 Å². The van der Waals surface area contributed by atoms with E-state index in [-0.39, 0.29) is 5.41 Å². The maximum absolute atomic E-state index is 5.89. The van der Waals surface area contributed by atoms with Crippen molar-refractivity contribution in [1.29, 1.82) is 0 Å². The van der Waals surface area contributed by atoms with Crippen molar-refractivity contribution >= 4 is 16.5 Å². The Bertz CT molecular complexity index is 433. The maximum Gasteiger partial charge on any atom is 0.185 e. The zero-order chi connectivity index (χ0) is 14.2. The number of aromatic nitrogens is 1. The van der Waals surface area contributed by atoms with Gasteiger partial charge in [0.05, 0.1) is 5.69 Å². The fraction of sp³-hybridized carbons (Fsp3) is 0.800. The molecule has 1 aromatic rings. The minimum absolute atomic E-state index is 0.0815. The normalized spacial score (nSPS) is 24.8. The van der Waals surface area contributed by atoms with Crippen LogP contribution in [0.5, 0.6) is 0 Å². The lowest BCUT2D eigenvalue weighted by atomic mass is 9.89. The Hall–Kier alpha value is -0.610. The van der Waals surface area contributed by atoms with E-state index in [1.165, 1.54) is 22.1 Å². The molecule has 4 heteroatoms. The molecule has 2 rings (SSSR count). The Morgan fingerprint density at radius 3 is 2.47 bits per heavy atom. The number of anilines is 1. The number of thiazole rings is 1. The fourth-order valence-electron chi connectivity index (χ4n) is 2.64. The first-order valence-corrected chi connectivity index (χ1v) is 8.09. The van der Waals surface area contributed by atoms with Gasteiger partial charge >= 0.3 is 0 Å². The van der Waals surface area contributed by atoms with Crippen LogP contribution in [0.3, 0.4) is 0 Å². The first-order chi connectivity index (χ1) is 8.82. The number of hydrogen-bond acceptors (Lipinski definition) is 4. The van der Waals surface area contributed by atoms with Gasteiger partial charge in [-0.2, -0.15) is 0 Å². The number of rotatable bonds is 2. The Labute approximate surface area is 121 Å². The monoisotopic (exact) mass is 281 g/mol. The number of nitrogens with two attached hydrogens (primary N) is 1.